The summed E-state index contributed by atoms with van der Waals surface area (Å²) in [6, 6.07) is 16.7. The first-order chi connectivity index (χ1) is 8.40. The van der Waals surface area contributed by atoms with E-state index in [-0.39, 0.29) is 0 Å². The average molecular weight is 225 g/mol. The Morgan fingerprint density at radius 1 is 1.00 bits per heavy atom. The maximum absolute atomic E-state index is 5.44. The van der Waals surface area contributed by atoms with Crippen molar-refractivity contribution in [2.24, 2.45) is 0 Å². The van der Waals surface area contributed by atoms with Gasteiger partial charge in [-0.15, -0.1) is 0 Å². The van der Waals surface area contributed by atoms with Crippen molar-refractivity contribution in [3.63, 3.8) is 0 Å². The van der Waals surface area contributed by atoms with E-state index in [4.69, 9.17) is 4.74 Å². The van der Waals surface area contributed by atoms with Crippen molar-refractivity contribution in [2.75, 3.05) is 19.0 Å². The topological polar surface area (TPSA) is 21.3 Å². The standard InChI is InChI=1S/C15H15NO/c1-17-15-9-5-3-7-12(15)13-10-16-14-8-4-2-6-11(13)14/h2-9,13,16H,10H2,1H3. The quantitative estimate of drug-likeness (QED) is 0.847. The number of hydrogen-bond acceptors (Lipinski definition) is 2. The van der Waals surface area contributed by atoms with Crippen LogP contribution in [-0.4, -0.2) is 13.7 Å². The highest BCUT2D eigenvalue weighted by atomic mass is 16.5. The van der Waals surface area contributed by atoms with Gasteiger partial charge in [0.15, 0.2) is 0 Å². The van der Waals surface area contributed by atoms with E-state index in [0.717, 1.165) is 12.3 Å². The Morgan fingerprint density at radius 3 is 2.53 bits per heavy atom. The molecule has 0 fully saturated rings. The minimum atomic E-state index is 0.391. The maximum Gasteiger partial charge on any atom is 0.122 e. The van der Waals surface area contributed by atoms with Crippen LogP contribution in [0.4, 0.5) is 5.69 Å². The molecule has 0 aromatic heterocycles. The lowest BCUT2D eigenvalue weighted by atomic mass is 9.92. The van der Waals surface area contributed by atoms with Gasteiger partial charge in [-0.25, -0.2) is 0 Å². The summed E-state index contributed by atoms with van der Waals surface area (Å²) in [4.78, 5) is 0. The molecule has 3 rings (SSSR count). The lowest BCUT2D eigenvalue weighted by molar-refractivity contribution is 0.408. The molecule has 0 saturated heterocycles. The Bertz CT molecular complexity index is 536. The third kappa shape index (κ3) is 1.66. The summed E-state index contributed by atoms with van der Waals surface area (Å²) in [5, 5.41) is 3.44. The molecule has 0 radical (unpaired) electrons. The van der Waals surface area contributed by atoms with Crippen molar-refractivity contribution < 1.29 is 4.74 Å². The Balaban J connectivity index is 2.07. The molecule has 0 aliphatic carbocycles. The Kier molecular flexibility index (Phi) is 2.48. The van der Waals surface area contributed by atoms with Crippen LogP contribution in [0.2, 0.25) is 0 Å². The molecule has 1 atom stereocenters. The van der Waals surface area contributed by atoms with E-state index in [0.29, 0.717) is 5.92 Å². The highest BCUT2D eigenvalue weighted by Crippen LogP contribution is 2.39. The summed E-state index contributed by atoms with van der Waals surface area (Å²) in [6.07, 6.45) is 0. The molecule has 1 aliphatic rings. The minimum Gasteiger partial charge on any atom is -0.496 e. The molecule has 2 nitrogen and oxygen atoms in total. The van der Waals surface area contributed by atoms with Crippen LogP contribution in [0.3, 0.4) is 0 Å². The van der Waals surface area contributed by atoms with Crippen LogP contribution in [-0.2, 0) is 0 Å². The van der Waals surface area contributed by atoms with E-state index in [9.17, 15) is 0 Å². The first-order valence-electron chi connectivity index (χ1n) is 5.86. The molecule has 1 heterocycles. The molecule has 1 aliphatic heterocycles. The summed E-state index contributed by atoms with van der Waals surface area (Å²) >= 11 is 0. The summed E-state index contributed by atoms with van der Waals surface area (Å²) in [7, 11) is 1.73. The molecular formula is C15H15NO. The van der Waals surface area contributed by atoms with Crippen LogP contribution in [0.25, 0.3) is 0 Å². The number of methoxy groups -OCH3 is 1. The number of nitrogens with one attached hydrogen (secondary N) is 1. The van der Waals surface area contributed by atoms with E-state index < -0.39 is 0 Å². The van der Waals surface area contributed by atoms with Crippen molar-refractivity contribution in [3.8, 4) is 5.75 Å². The second-order valence-electron chi connectivity index (χ2n) is 4.26. The molecule has 0 bridgehead atoms. The Hall–Kier alpha value is -1.96. The number of para-hydroxylation sites is 2. The second kappa shape index (κ2) is 4.13. The predicted octanol–water partition coefficient (Wildman–Crippen LogP) is 3.25. The highest BCUT2D eigenvalue weighted by Gasteiger charge is 2.25. The van der Waals surface area contributed by atoms with Crippen molar-refractivity contribution >= 4 is 5.69 Å². The third-order valence-corrected chi connectivity index (χ3v) is 3.35. The van der Waals surface area contributed by atoms with Crippen molar-refractivity contribution in [1.82, 2.24) is 0 Å². The molecule has 86 valence electrons. The van der Waals surface area contributed by atoms with Gasteiger partial charge in [0.2, 0.25) is 0 Å². The molecule has 0 amide bonds. The fraction of sp³-hybridized carbons (Fsp3) is 0.200. The van der Waals surface area contributed by atoms with Gasteiger partial charge in [-0.3, -0.25) is 0 Å². The normalized spacial score (nSPS) is 17.4. The SMILES string of the molecule is COc1ccccc1C1CNc2ccccc21. The van der Waals surface area contributed by atoms with Crippen molar-refractivity contribution in [3.05, 3.63) is 59.7 Å². The molecule has 2 aromatic rings. The fourth-order valence-electron chi connectivity index (χ4n) is 2.52. The molecule has 17 heavy (non-hydrogen) atoms. The monoisotopic (exact) mass is 225 g/mol. The van der Waals surface area contributed by atoms with E-state index in [1.807, 2.05) is 12.1 Å². The van der Waals surface area contributed by atoms with E-state index in [1.54, 1.807) is 7.11 Å². The van der Waals surface area contributed by atoms with E-state index in [2.05, 4.69) is 41.7 Å². The summed E-state index contributed by atoms with van der Waals surface area (Å²) in [6.45, 7) is 0.944. The van der Waals surface area contributed by atoms with E-state index in [1.165, 1.54) is 16.8 Å². The van der Waals surface area contributed by atoms with Gasteiger partial charge in [0, 0.05) is 23.7 Å². The van der Waals surface area contributed by atoms with E-state index >= 15 is 0 Å². The molecule has 2 heteroatoms. The number of hydrogen-bond donors (Lipinski definition) is 1. The van der Waals surface area contributed by atoms with Crippen molar-refractivity contribution in [2.45, 2.75) is 5.92 Å². The van der Waals surface area contributed by atoms with Gasteiger partial charge in [0.1, 0.15) is 5.75 Å². The third-order valence-electron chi connectivity index (χ3n) is 3.35. The Morgan fingerprint density at radius 2 is 1.71 bits per heavy atom. The largest absolute Gasteiger partial charge is 0.496 e. The zero-order valence-electron chi connectivity index (χ0n) is 9.81. The van der Waals surface area contributed by atoms with Gasteiger partial charge in [0.05, 0.1) is 7.11 Å². The van der Waals surface area contributed by atoms with Crippen LogP contribution in [0.5, 0.6) is 5.75 Å². The molecule has 0 saturated carbocycles. The molecule has 1 unspecified atom stereocenters. The number of rotatable bonds is 2. The minimum absolute atomic E-state index is 0.391. The summed E-state index contributed by atoms with van der Waals surface area (Å²) < 4.78 is 5.44. The Labute approximate surface area is 101 Å². The van der Waals surface area contributed by atoms with Gasteiger partial charge in [-0.1, -0.05) is 36.4 Å². The summed E-state index contributed by atoms with van der Waals surface area (Å²) in [5.74, 6) is 1.36. The van der Waals surface area contributed by atoms with Gasteiger partial charge < -0.3 is 10.1 Å². The zero-order valence-corrected chi connectivity index (χ0v) is 9.81. The predicted molar refractivity (Wildman–Crippen MR) is 69.8 cm³/mol. The van der Waals surface area contributed by atoms with Crippen LogP contribution in [0.15, 0.2) is 48.5 Å². The number of benzene rings is 2. The van der Waals surface area contributed by atoms with Crippen molar-refractivity contribution in [1.29, 1.82) is 0 Å². The second-order valence-corrected chi connectivity index (χ2v) is 4.26. The molecule has 1 N–H and O–H groups in total. The number of fused-ring (bicyclic) bond motifs is 1. The smallest absolute Gasteiger partial charge is 0.122 e. The number of ether oxygens (including phenoxy) is 1. The van der Waals surface area contributed by atoms with Gasteiger partial charge in [0.25, 0.3) is 0 Å². The van der Waals surface area contributed by atoms with Gasteiger partial charge in [-0.2, -0.15) is 0 Å². The van der Waals surface area contributed by atoms with Crippen LogP contribution >= 0.6 is 0 Å². The van der Waals surface area contributed by atoms with Crippen LogP contribution < -0.4 is 10.1 Å². The lowest BCUT2D eigenvalue weighted by Crippen LogP contribution is -2.05. The molecular weight excluding hydrogens is 210 g/mol. The van der Waals surface area contributed by atoms with Gasteiger partial charge in [-0.05, 0) is 17.7 Å². The first kappa shape index (κ1) is 10.2. The fourth-order valence-corrected chi connectivity index (χ4v) is 2.52. The molecule has 0 spiro atoms. The summed E-state index contributed by atoms with van der Waals surface area (Å²) in [5.41, 5.74) is 3.85. The first-order valence-corrected chi connectivity index (χ1v) is 5.86. The number of anilines is 1. The van der Waals surface area contributed by atoms with Gasteiger partial charge >= 0.3 is 0 Å². The maximum atomic E-state index is 5.44. The van der Waals surface area contributed by atoms with Crippen LogP contribution in [0.1, 0.15) is 17.0 Å². The lowest BCUT2D eigenvalue weighted by Gasteiger charge is -2.14. The zero-order chi connectivity index (χ0) is 11.7. The van der Waals surface area contributed by atoms with Crippen LogP contribution in [0, 0.1) is 0 Å². The molecule has 2 aromatic carbocycles. The average Bonchev–Trinajstić information content (AvgIpc) is 2.82. The highest BCUT2D eigenvalue weighted by molar-refractivity contribution is 5.61.